The van der Waals surface area contributed by atoms with Gasteiger partial charge in [0.25, 0.3) is 10.0 Å². The number of amides is 2. The van der Waals surface area contributed by atoms with Crippen LogP contribution >= 0.6 is 15.9 Å². The second-order valence-electron chi connectivity index (χ2n) is 9.99. The van der Waals surface area contributed by atoms with Crippen molar-refractivity contribution in [3.8, 4) is 11.5 Å². The average molecular weight is 661 g/mol. The topological polar surface area (TPSA) is 105 Å². The first kappa shape index (κ1) is 32.9. The lowest BCUT2D eigenvalue weighted by Crippen LogP contribution is -2.51. The van der Waals surface area contributed by atoms with Gasteiger partial charge in [-0.1, -0.05) is 41.1 Å². The van der Waals surface area contributed by atoms with Crippen LogP contribution in [-0.2, 0) is 26.2 Å². The molecule has 0 unspecified atom stereocenters. The fourth-order valence-electron chi connectivity index (χ4n) is 4.49. The van der Waals surface area contributed by atoms with E-state index in [1.165, 1.54) is 37.3 Å². The first-order chi connectivity index (χ1) is 19.9. The summed E-state index contributed by atoms with van der Waals surface area (Å²) in [5.74, 6) is -0.232. The van der Waals surface area contributed by atoms with Gasteiger partial charge in [0, 0.05) is 23.6 Å². The molecule has 226 valence electrons. The van der Waals surface area contributed by atoms with Crippen LogP contribution in [0.25, 0.3) is 0 Å². The van der Waals surface area contributed by atoms with E-state index < -0.39 is 28.5 Å². The molecule has 0 aliphatic rings. The summed E-state index contributed by atoms with van der Waals surface area (Å²) in [4.78, 5) is 28.4. The molecule has 0 spiro atoms. The first-order valence-electron chi connectivity index (χ1n) is 13.6. The van der Waals surface area contributed by atoms with Gasteiger partial charge >= 0.3 is 0 Å². The van der Waals surface area contributed by atoms with E-state index in [1.807, 2.05) is 51.1 Å². The summed E-state index contributed by atoms with van der Waals surface area (Å²) in [5.41, 5.74) is 2.80. The molecule has 11 heteroatoms. The maximum Gasteiger partial charge on any atom is 0.264 e. The molecule has 0 aliphatic carbocycles. The van der Waals surface area contributed by atoms with E-state index in [1.54, 1.807) is 19.1 Å². The van der Waals surface area contributed by atoms with Crippen molar-refractivity contribution in [2.75, 3.05) is 31.6 Å². The van der Waals surface area contributed by atoms with Crippen LogP contribution in [0.1, 0.15) is 37.0 Å². The summed E-state index contributed by atoms with van der Waals surface area (Å²) in [6.45, 7) is 7.36. The number of benzene rings is 3. The molecular weight excluding hydrogens is 622 g/mol. The molecule has 0 aromatic heterocycles. The van der Waals surface area contributed by atoms with Crippen LogP contribution in [0, 0.1) is 13.8 Å². The minimum Gasteiger partial charge on any atom is -0.493 e. The first-order valence-corrected chi connectivity index (χ1v) is 15.8. The number of carbonyl (C=O) groups is 2. The zero-order valence-electron chi connectivity index (χ0n) is 24.8. The monoisotopic (exact) mass is 659 g/mol. The van der Waals surface area contributed by atoms with Crippen molar-refractivity contribution in [1.29, 1.82) is 0 Å². The minimum absolute atomic E-state index is 0.0692. The second kappa shape index (κ2) is 14.6. The zero-order chi connectivity index (χ0) is 31.0. The van der Waals surface area contributed by atoms with E-state index >= 15 is 0 Å². The van der Waals surface area contributed by atoms with Crippen molar-refractivity contribution in [2.45, 2.75) is 51.6 Å². The van der Waals surface area contributed by atoms with Gasteiger partial charge in [-0.25, -0.2) is 8.42 Å². The van der Waals surface area contributed by atoms with E-state index in [0.717, 1.165) is 31.9 Å². The highest BCUT2D eigenvalue weighted by Crippen LogP contribution is 2.33. The third kappa shape index (κ3) is 8.04. The number of aryl methyl sites for hydroxylation is 2. The van der Waals surface area contributed by atoms with Gasteiger partial charge in [-0.05, 0) is 80.3 Å². The van der Waals surface area contributed by atoms with Crippen LogP contribution in [0.15, 0.2) is 70.0 Å². The number of nitrogens with one attached hydrogen (secondary N) is 1. The van der Waals surface area contributed by atoms with Crippen LogP contribution in [0.5, 0.6) is 11.5 Å². The minimum atomic E-state index is -4.27. The van der Waals surface area contributed by atoms with Crippen LogP contribution in [0.3, 0.4) is 0 Å². The van der Waals surface area contributed by atoms with Crippen molar-refractivity contribution in [3.05, 3.63) is 81.8 Å². The summed E-state index contributed by atoms with van der Waals surface area (Å²) in [7, 11) is -1.39. The van der Waals surface area contributed by atoms with E-state index in [0.29, 0.717) is 18.0 Å². The van der Waals surface area contributed by atoms with Crippen molar-refractivity contribution in [2.24, 2.45) is 0 Å². The highest BCUT2D eigenvalue weighted by molar-refractivity contribution is 9.10. The lowest BCUT2D eigenvalue weighted by atomic mass is 10.1. The highest BCUT2D eigenvalue weighted by atomic mass is 79.9. The smallest absolute Gasteiger partial charge is 0.264 e. The van der Waals surface area contributed by atoms with Gasteiger partial charge in [-0.15, -0.1) is 0 Å². The fraction of sp³-hybridized carbons (Fsp3) is 0.355. The summed E-state index contributed by atoms with van der Waals surface area (Å²) >= 11 is 3.42. The maximum atomic E-state index is 14.2. The number of anilines is 1. The highest BCUT2D eigenvalue weighted by Gasteiger charge is 2.33. The van der Waals surface area contributed by atoms with Crippen LogP contribution in [0.2, 0.25) is 0 Å². The number of nitrogens with zero attached hydrogens (tertiary/aromatic N) is 2. The second-order valence-corrected chi connectivity index (χ2v) is 12.8. The van der Waals surface area contributed by atoms with Gasteiger partial charge in [-0.2, -0.15) is 0 Å². The van der Waals surface area contributed by atoms with Gasteiger partial charge < -0.3 is 19.7 Å². The van der Waals surface area contributed by atoms with Gasteiger partial charge in [0.05, 0.1) is 24.8 Å². The molecule has 0 radical (unpaired) electrons. The molecule has 1 N–H and O–H groups in total. The van der Waals surface area contributed by atoms with Gasteiger partial charge in [0.2, 0.25) is 11.8 Å². The molecule has 2 amide bonds. The molecule has 3 aromatic rings. The van der Waals surface area contributed by atoms with E-state index in [2.05, 4.69) is 21.2 Å². The number of ether oxygens (including phenoxy) is 2. The molecule has 0 heterocycles. The zero-order valence-corrected chi connectivity index (χ0v) is 27.2. The Morgan fingerprint density at radius 3 is 2.12 bits per heavy atom. The molecule has 9 nitrogen and oxygen atoms in total. The number of carbonyl (C=O) groups excluding carboxylic acids is 2. The predicted octanol–water partition coefficient (Wildman–Crippen LogP) is 5.22. The Kier molecular flexibility index (Phi) is 11.4. The molecular formula is C31H38BrN3O6S. The Morgan fingerprint density at radius 2 is 1.55 bits per heavy atom. The van der Waals surface area contributed by atoms with Crippen LogP contribution in [-0.4, -0.2) is 58.5 Å². The van der Waals surface area contributed by atoms with Crippen molar-refractivity contribution >= 4 is 43.5 Å². The molecule has 3 rings (SSSR count). The average Bonchev–Trinajstić information content (AvgIpc) is 2.96. The summed E-state index contributed by atoms with van der Waals surface area (Å²) in [6, 6.07) is 16.2. The summed E-state index contributed by atoms with van der Waals surface area (Å²) in [5, 5.41) is 2.84. The predicted molar refractivity (Wildman–Crippen MR) is 167 cm³/mol. The lowest BCUT2D eigenvalue weighted by molar-refractivity contribution is -0.139. The Bertz CT molecular complexity index is 1490. The molecule has 42 heavy (non-hydrogen) atoms. The fourth-order valence-corrected chi connectivity index (χ4v) is 6.17. The van der Waals surface area contributed by atoms with Gasteiger partial charge in [-0.3, -0.25) is 13.9 Å². The number of hydrogen-bond acceptors (Lipinski definition) is 6. The van der Waals surface area contributed by atoms with Crippen LogP contribution in [0.4, 0.5) is 5.69 Å². The molecule has 0 saturated carbocycles. The van der Waals surface area contributed by atoms with Gasteiger partial charge in [0.1, 0.15) is 12.6 Å². The Morgan fingerprint density at radius 1 is 0.929 bits per heavy atom. The normalized spacial score (nSPS) is 11.9. The number of hydrogen-bond donors (Lipinski definition) is 1. The Balaban J connectivity index is 2.09. The lowest BCUT2D eigenvalue weighted by Gasteiger charge is -2.32. The number of halogens is 1. The largest absolute Gasteiger partial charge is 0.493 e. The molecule has 3 aromatic carbocycles. The number of rotatable bonds is 13. The summed E-state index contributed by atoms with van der Waals surface area (Å²) in [6.07, 6.45) is 0.739. The Hall–Kier alpha value is -3.57. The molecule has 1 atom stereocenters. The van der Waals surface area contributed by atoms with Crippen molar-refractivity contribution in [1.82, 2.24) is 10.2 Å². The number of sulfonamides is 1. The van der Waals surface area contributed by atoms with Gasteiger partial charge in [0.15, 0.2) is 11.5 Å². The molecule has 0 aliphatic heterocycles. The van der Waals surface area contributed by atoms with E-state index in [4.69, 9.17) is 9.47 Å². The standard InChI is InChI=1S/C31H38BrN3O6S/c1-7-14-33-31(37)23(4)34(19-24-8-10-25(32)11-9-24)30(36)20-35(26-16-21(2)15-22(3)17-26)42(38,39)27-12-13-28(40-5)29(18-27)41-6/h8-13,15-18,23H,7,14,19-20H2,1-6H3,(H,33,37)/t23-/m0/s1. The SMILES string of the molecule is CCCNC(=O)[C@H](C)N(Cc1ccc(Br)cc1)C(=O)CN(c1cc(C)cc(C)c1)S(=O)(=O)c1ccc(OC)c(OC)c1. The summed E-state index contributed by atoms with van der Waals surface area (Å²) < 4.78 is 41.0. The quantitative estimate of drug-likeness (QED) is 0.270. The molecule has 0 fully saturated rings. The third-order valence-electron chi connectivity index (χ3n) is 6.70. The van der Waals surface area contributed by atoms with Crippen molar-refractivity contribution < 1.29 is 27.5 Å². The number of methoxy groups -OCH3 is 2. The van der Waals surface area contributed by atoms with Crippen LogP contribution < -0.4 is 19.1 Å². The maximum absolute atomic E-state index is 14.2. The van der Waals surface area contributed by atoms with E-state index in [9.17, 15) is 18.0 Å². The third-order valence-corrected chi connectivity index (χ3v) is 9.00. The molecule has 0 bridgehead atoms. The molecule has 0 saturated heterocycles. The van der Waals surface area contributed by atoms with E-state index in [-0.39, 0.29) is 23.1 Å². The Labute approximate surface area is 257 Å². The van der Waals surface area contributed by atoms with Crippen molar-refractivity contribution in [3.63, 3.8) is 0 Å².